The predicted octanol–water partition coefficient (Wildman–Crippen LogP) is 4.91. The number of nitrogens with zero attached hydrogens (tertiary/aromatic N) is 5. The first kappa shape index (κ1) is 22.0. The molecular weight excluding hydrogens is 422 g/mol. The van der Waals surface area contributed by atoms with Crippen molar-refractivity contribution in [1.82, 2.24) is 24.4 Å². The quantitative estimate of drug-likeness (QED) is 0.418. The molecule has 3 heterocycles. The van der Waals surface area contributed by atoms with Crippen molar-refractivity contribution in [2.45, 2.75) is 45.7 Å². The summed E-state index contributed by atoms with van der Waals surface area (Å²) >= 11 is 0. The lowest BCUT2D eigenvalue weighted by molar-refractivity contribution is 0.0731. The molecular formula is C28H29N5O. The minimum atomic E-state index is -0.0551. The topological polar surface area (TPSA) is 63.9 Å². The first-order valence-electron chi connectivity index (χ1n) is 11.8. The van der Waals surface area contributed by atoms with Crippen molar-refractivity contribution in [2.75, 3.05) is 6.54 Å². The average molecular weight is 452 g/mol. The van der Waals surface area contributed by atoms with E-state index in [9.17, 15) is 4.79 Å². The van der Waals surface area contributed by atoms with E-state index in [2.05, 4.69) is 45.7 Å². The summed E-state index contributed by atoms with van der Waals surface area (Å²) in [6.45, 7) is 5.42. The van der Waals surface area contributed by atoms with Crippen LogP contribution in [-0.4, -0.2) is 36.9 Å². The van der Waals surface area contributed by atoms with Gasteiger partial charge in [0.1, 0.15) is 5.82 Å². The highest BCUT2D eigenvalue weighted by molar-refractivity contribution is 5.96. The van der Waals surface area contributed by atoms with Crippen LogP contribution in [0.1, 0.15) is 63.1 Å². The molecule has 5 rings (SSSR count). The molecule has 0 aliphatic carbocycles. The number of hydrogen-bond donors (Lipinski definition) is 0. The minimum Gasteiger partial charge on any atom is -0.331 e. The summed E-state index contributed by atoms with van der Waals surface area (Å²) < 4.78 is 2.06. The number of carbonyl (C=O) groups excluding carboxylic acids is 1. The molecule has 1 fully saturated rings. The van der Waals surface area contributed by atoms with Crippen LogP contribution in [0.4, 0.5) is 0 Å². The molecule has 6 heteroatoms. The highest BCUT2D eigenvalue weighted by atomic mass is 16.2. The van der Waals surface area contributed by atoms with Gasteiger partial charge in [-0.2, -0.15) is 0 Å². The van der Waals surface area contributed by atoms with Gasteiger partial charge < -0.3 is 9.47 Å². The molecule has 1 aliphatic rings. The van der Waals surface area contributed by atoms with Crippen molar-refractivity contribution in [2.24, 2.45) is 0 Å². The Morgan fingerprint density at radius 2 is 1.97 bits per heavy atom. The van der Waals surface area contributed by atoms with E-state index in [1.165, 1.54) is 11.1 Å². The minimum absolute atomic E-state index is 0.0551. The van der Waals surface area contributed by atoms with E-state index in [4.69, 9.17) is 4.98 Å². The first-order valence-corrected chi connectivity index (χ1v) is 11.8. The molecule has 0 radical (unpaired) electrons. The Labute approximate surface area is 200 Å². The second-order valence-electron chi connectivity index (χ2n) is 9.02. The fourth-order valence-electron chi connectivity index (χ4n) is 4.79. The molecule has 0 bridgehead atoms. The Hall–Kier alpha value is -3.80. The fraction of sp³-hybridized carbons (Fsp3) is 0.286. The highest BCUT2D eigenvalue weighted by Crippen LogP contribution is 2.32. The van der Waals surface area contributed by atoms with E-state index in [-0.39, 0.29) is 11.9 Å². The number of carbonyl (C=O) groups is 1. The molecule has 0 N–H and O–H groups in total. The summed E-state index contributed by atoms with van der Waals surface area (Å²) in [6, 6.07) is 16.3. The second-order valence-corrected chi connectivity index (χ2v) is 9.02. The van der Waals surface area contributed by atoms with Crippen LogP contribution < -0.4 is 0 Å². The summed E-state index contributed by atoms with van der Waals surface area (Å²) in [6.07, 6.45) is 9.98. The van der Waals surface area contributed by atoms with E-state index < -0.39 is 0 Å². The zero-order valence-electron chi connectivity index (χ0n) is 19.7. The van der Waals surface area contributed by atoms with Crippen LogP contribution >= 0.6 is 0 Å². The molecule has 34 heavy (non-hydrogen) atoms. The number of likely N-dealkylation sites (tertiary alicyclic amines) is 1. The number of imidazole rings is 1. The molecule has 0 spiro atoms. The van der Waals surface area contributed by atoms with Gasteiger partial charge in [0.25, 0.3) is 5.91 Å². The number of aryl methyl sites for hydroxylation is 2. The van der Waals surface area contributed by atoms with Gasteiger partial charge in [-0.3, -0.25) is 14.8 Å². The monoisotopic (exact) mass is 451 g/mol. The lowest BCUT2D eigenvalue weighted by Crippen LogP contribution is -2.32. The molecule has 0 unspecified atom stereocenters. The molecule has 1 atom stereocenters. The Balaban J connectivity index is 1.39. The highest BCUT2D eigenvalue weighted by Gasteiger charge is 2.32. The average Bonchev–Trinajstić information content (AvgIpc) is 3.49. The molecule has 2 aromatic carbocycles. The summed E-state index contributed by atoms with van der Waals surface area (Å²) in [5.41, 5.74) is 6.00. The van der Waals surface area contributed by atoms with Crippen LogP contribution in [-0.2, 0) is 13.0 Å². The van der Waals surface area contributed by atoms with Crippen molar-refractivity contribution in [3.8, 4) is 0 Å². The Morgan fingerprint density at radius 3 is 2.79 bits per heavy atom. The third-order valence-corrected chi connectivity index (χ3v) is 6.54. The van der Waals surface area contributed by atoms with Crippen LogP contribution in [0.15, 0.2) is 73.3 Å². The first-order chi connectivity index (χ1) is 16.6. The summed E-state index contributed by atoms with van der Waals surface area (Å²) in [5.74, 6) is 0.990. The summed E-state index contributed by atoms with van der Waals surface area (Å²) in [7, 11) is 0. The van der Waals surface area contributed by atoms with Gasteiger partial charge in [0.05, 0.1) is 23.6 Å². The second kappa shape index (κ2) is 9.59. The molecule has 1 saturated heterocycles. The van der Waals surface area contributed by atoms with E-state index in [1.54, 1.807) is 6.20 Å². The Bertz CT molecular complexity index is 1310. The molecule has 2 aromatic heterocycles. The number of rotatable bonds is 6. The third kappa shape index (κ3) is 4.62. The zero-order chi connectivity index (χ0) is 23.5. The van der Waals surface area contributed by atoms with Crippen molar-refractivity contribution in [1.29, 1.82) is 0 Å². The maximum absolute atomic E-state index is 13.7. The number of amides is 1. The lowest BCUT2D eigenvalue weighted by Gasteiger charge is -2.25. The zero-order valence-corrected chi connectivity index (χ0v) is 19.7. The molecule has 1 aliphatic heterocycles. The molecule has 6 nitrogen and oxygen atoms in total. The van der Waals surface area contributed by atoms with Gasteiger partial charge in [-0.15, -0.1) is 0 Å². The maximum atomic E-state index is 13.7. The van der Waals surface area contributed by atoms with Crippen molar-refractivity contribution in [3.63, 3.8) is 0 Å². The van der Waals surface area contributed by atoms with Crippen LogP contribution in [0, 0.1) is 13.8 Å². The smallest absolute Gasteiger partial charge is 0.254 e. The van der Waals surface area contributed by atoms with Gasteiger partial charge in [-0.1, -0.05) is 48.0 Å². The maximum Gasteiger partial charge on any atom is 0.254 e. The third-order valence-electron chi connectivity index (χ3n) is 6.54. The standard InChI is InChI=1S/C28H29N5O/c1-20-7-5-8-22(15-20)16-24-17-29-18-26(31-24)27-11-6-13-33(27)28(34)25-10-4-3-9-23(25)19-32-14-12-30-21(32)2/h3-5,7-10,12,14-15,17-18,27H,6,11,13,16,19H2,1-2H3/t27-/m0/s1. The van der Waals surface area contributed by atoms with Crippen molar-refractivity contribution >= 4 is 5.91 Å². The van der Waals surface area contributed by atoms with Gasteiger partial charge in [0.15, 0.2) is 0 Å². The van der Waals surface area contributed by atoms with Gasteiger partial charge in [-0.25, -0.2) is 4.98 Å². The SMILES string of the molecule is Cc1cccc(Cc2cncc([C@@H]3CCCN3C(=O)c3ccccc3Cn3ccnc3C)n2)c1. The van der Waals surface area contributed by atoms with Crippen LogP contribution in [0.3, 0.4) is 0 Å². The largest absolute Gasteiger partial charge is 0.331 e. The Kier molecular flexibility index (Phi) is 6.21. The number of aromatic nitrogens is 4. The van der Waals surface area contributed by atoms with Gasteiger partial charge >= 0.3 is 0 Å². The van der Waals surface area contributed by atoms with Crippen molar-refractivity contribution < 1.29 is 4.79 Å². The lowest BCUT2D eigenvalue weighted by atomic mass is 10.0. The normalized spacial score (nSPS) is 15.6. The molecule has 172 valence electrons. The molecule has 1 amide bonds. The van der Waals surface area contributed by atoms with Gasteiger partial charge in [0, 0.05) is 43.7 Å². The number of hydrogen-bond acceptors (Lipinski definition) is 4. The van der Waals surface area contributed by atoms with Crippen LogP contribution in [0.2, 0.25) is 0 Å². The van der Waals surface area contributed by atoms with E-state index >= 15 is 0 Å². The van der Waals surface area contributed by atoms with E-state index in [1.807, 2.05) is 54.7 Å². The Morgan fingerprint density at radius 1 is 1.09 bits per heavy atom. The van der Waals surface area contributed by atoms with Gasteiger partial charge in [-0.05, 0) is 43.9 Å². The predicted molar refractivity (Wildman–Crippen MR) is 132 cm³/mol. The molecule has 0 saturated carbocycles. The summed E-state index contributed by atoms with van der Waals surface area (Å²) in [4.78, 5) is 29.4. The van der Waals surface area contributed by atoms with E-state index in [0.717, 1.165) is 54.1 Å². The van der Waals surface area contributed by atoms with Crippen LogP contribution in [0.5, 0.6) is 0 Å². The fourth-order valence-corrected chi connectivity index (χ4v) is 4.79. The number of benzene rings is 2. The molecule has 4 aromatic rings. The van der Waals surface area contributed by atoms with Gasteiger partial charge in [0.2, 0.25) is 0 Å². The van der Waals surface area contributed by atoms with Crippen molar-refractivity contribution in [3.05, 3.63) is 113 Å². The summed E-state index contributed by atoms with van der Waals surface area (Å²) in [5, 5.41) is 0. The van der Waals surface area contributed by atoms with E-state index in [0.29, 0.717) is 6.54 Å². The van der Waals surface area contributed by atoms with Crippen LogP contribution in [0.25, 0.3) is 0 Å².